The molecule has 8 heteroatoms. The summed E-state index contributed by atoms with van der Waals surface area (Å²) in [4.78, 5) is 23.9. The predicted octanol–water partition coefficient (Wildman–Crippen LogP) is 1.80. The number of rotatable bonds is 5. The Kier molecular flexibility index (Phi) is 3.98. The summed E-state index contributed by atoms with van der Waals surface area (Å²) in [5.74, 6) is -0.772. The van der Waals surface area contributed by atoms with Gasteiger partial charge in [0.1, 0.15) is 0 Å². The van der Waals surface area contributed by atoms with Crippen LogP contribution in [0.2, 0.25) is 0 Å². The zero-order chi connectivity index (χ0) is 15.1. The fourth-order valence-electron chi connectivity index (χ4n) is 2.04. The molecule has 1 saturated heterocycles. The van der Waals surface area contributed by atoms with Crippen molar-refractivity contribution in [3.8, 4) is 0 Å². The third-order valence-electron chi connectivity index (χ3n) is 3.81. The van der Waals surface area contributed by atoms with Crippen LogP contribution in [-0.4, -0.2) is 44.1 Å². The van der Waals surface area contributed by atoms with Crippen molar-refractivity contribution < 1.29 is 32.2 Å². The summed E-state index contributed by atoms with van der Waals surface area (Å²) in [7, 11) is -0.600. The minimum atomic E-state index is -4.43. The van der Waals surface area contributed by atoms with Gasteiger partial charge in [0.25, 0.3) is 0 Å². The molecule has 0 aromatic heterocycles. The maximum atomic E-state index is 12.0. The van der Waals surface area contributed by atoms with E-state index in [2.05, 4.69) is 0 Å². The van der Waals surface area contributed by atoms with Crippen LogP contribution >= 0.6 is 7.74 Å². The van der Waals surface area contributed by atoms with E-state index in [1.54, 1.807) is 0 Å². The molecule has 0 spiro atoms. The molecular weight excluding hydrogens is 275 g/mol. The Morgan fingerprint density at radius 1 is 0.842 bits per heavy atom. The summed E-state index contributed by atoms with van der Waals surface area (Å²) >= 11 is 0. The molecule has 0 bridgehead atoms. The third-order valence-corrected chi connectivity index (χ3v) is 6.93. The average molecular weight is 296 g/mol. The SMILES string of the molecule is COP1(OC)(OC)OC(C)(C(C)=O)C(C)(C(C)=O)O1. The number of hydrogen-bond donors (Lipinski definition) is 0. The van der Waals surface area contributed by atoms with E-state index in [-0.39, 0.29) is 11.6 Å². The van der Waals surface area contributed by atoms with Gasteiger partial charge in [-0.25, -0.2) is 0 Å². The summed E-state index contributed by atoms with van der Waals surface area (Å²) < 4.78 is 27.0. The molecule has 1 fully saturated rings. The summed E-state index contributed by atoms with van der Waals surface area (Å²) in [6.07, 6.45) is 0. The van der Waals surface area contributed by atoms with Crippen LogP contribution < -0.4 is 0 Å². The molecule has 0 radical (unpaired) electrons. The molecule has 1 rings (SSSR count). The van der Waals surface area contributed by atoms with Gasteiger partial charge in [0.2, 0.25) is 0 Å². The van der Waals surface area contributed by atoms with Crippen molar-refractivity contribution in [1.82, 2.24) is 0 Å². The molecule has 0 N–H and O–H groups in total. The molecule has 19 heavy (non-hydrogen) atoms. The van der Waals surface area contributed by atoms with Crippen LogP contribution in [0.5, 0.6) is 0 Å². The molecule has 1 aliphatic heterocycles. The Labute approximate surface area is 112 Å². The van der Waals surface area contributed by atoms with E-state index in [0.29, 0.717) is 0 Å². The third kappa shape index (κ3) is 1.96. The van der Waals surface area contributed by atoms with Crippen molar-refractivity contribution in [2.24, 2.45) is 0 Å². The average Bonchev–Trinajstić information content (AvgIpc) is 2.60. The van der Waals surface area contributed by atoms with Gasteiger partial charge in [-0.1, -0.05) is 0 Å². The van der Waals surface area contributed by atoms with Crippen molar-refractivity contribution in [3.63, 3.8) is 0 Å². The normalized spacial score (nSPS) is 38.4. The van der Waals surface area contributed by atoms with Crippen LogP contribution in [0.3, 0.4) is 0 Å². The second-order valence-corrected chi connectivity index (χ2v) is 7.61. The number of Topliss-reactive ketones (excluding diaryl/α,β-unsaturated/α-hetero) is 2. The molecule has 1 heterocycles. The topological polar surface area (TPSA) is 80.3 Å². The first kappa shape index (κ1) is 16.6. The van der Waals surface area contributed by atoms with Crippen molar-refractivity contribution >= 4 is 19.3 Å². The first-order valence-electron chi connectivity index (χ1n) is 5.70. The fourth-order valence-corrected chi connectivity index (χ4v) is 4.77. The maximum absolute atomic E-state index is 12.0. The van der Waals surface area contributed by atoms with Gasteiger partial charge in [0.15, 0.2) is 0 Å². The van der Waals surface area contributed by atoms with Gasteiger partial charge in [-0.05, 0) is 0 Å². The fraction of sp³-hybridized carbons (Fsp3) is 0.818. The van der Waals surface area contributed by atoms with Gasteiger partial charge in [0.05, 0.1) is 0 Å². The molecule has 112 valence electrons. The minimum absolute atomic E-state index is 0.386. The van der Waals surface area contributed by atoms with E-state index in [1.165, 1.54) is 49.0 Å². The van der Waals surface area contributed by atoms with E-state index in [1.807, 2.05) is 0 Å². The molecule has 7 nitrogen and oxygen atoms in total. The number of hydrogen-bond acceptors (Lipinski definition) is 7. The molecule has 0 saturated carbocycles. The Hall–Kier alpha value is -0.430. The molecule has 0 aromatic carbocycles. The van der Waals surface area contributed by atoms with E-state index in [4.69, 9.17) is 22.6 Å². The Balaban J connectivity index is 3.53. The summed E-state index contributed by atoms with van der Waals surface area (Å²) in [6.45, 7) is 5.54. The zero-order valence-corrected chi connectivity index (χ0v) is 13.2. The van der Waals surface area contributed by atoms with E-state index in [9.17, 15) is 9.59 Å². The molecule has 0 aromatic rings. The van der Waals surface area contributed by atoms with Gasteiger partial charge in [0, 0.05) is 0 Å². The van der Waals surface area contributed by atoms with Crippen LogP contribution in [-0.2, 0) is 32.2 Å². The van der Waals surface area contributed by atoms with Crippen molar-refractivity contribution in [2.75, 3.05) is 21.3 Å². The first-order valence-corrected chi connectivity index (χ1v) is 7.53. The van der Waals surface area contributed by atoms with Crippen LogP contribution in [0.25, 0.3) is 0 Å². The van der Waals surface area contributed by atoms with Crippen LogP contribution in [0.1, 0.15) is 27.7 Å². The molecule has 2 atom stereocenters. The molecular formula is C11H21O7P. The van der Waals surface area contributed by atoms with Gasteiger partial charge < -0.3 is 0 Å². The predicted molar refractivity (Wildman–Crippen MR) is 68.3 cm³/mol. The van der Waals surface area contributed by atoms with Gasteiger partial charge >= 0.3 is 112 Å². The zero-order valence-electron chi connectivity index (χ0n) is 12.3. The number of carbonyl (C=O) groups excluding carboxylic acids is 2. The Morgan fingerprint density at radius 3 is 1.26 bits per heavy atom. The van der Waals surface area contributed by atoms with E-state index in [0.717, 1.165) is 0 Å². The Bertz CT molecular complexity index is 376. The first-order chi connectivity index (χ1) is 8.55. The van der Waals surface area contributed by atoms with Gasteiger partial charge in [-0.3, -0.25) is 0 Å². The van der Waals surface area contributed by atoms with E-state index >= 15 is 0 Å². The van der Waals surface area contributed by atoms with Gasteiger partial charge in [-0.15, -0.1) is 0 Å². The van der Waals surface area contributed by atoms with Gasteiger partial charge in [-0.2, -0.15) is 0 Å². The second kappa shape index (κ2) is 4.55. The van der Waals surface area contributed by atoms with Crippen molar-refractivity contribution in [2.45, 2.75) is 38.9 Å². The number of ketones is 2. The summed E-state index contributed by atoms with van der Waals surface area (Å²) in [5.41, 5.74) is -3.11. The second-order valence-electron chi connectivity index (χ2n) is 4.65. The van der Waals surface area contributed by atoms with E-state index < -0.39 is 18.9 Å². The van der Waals surface area contributed by atoms with Crippen LogP contribution in [0, 0.1) is 0 Å². The standard InChI is InChI=1S/C11H21O7P/c1-8(12)10(3)11(4,9(2)13)18-19(14-5,15-6,16-7)17-10/h1-7H3. The molecule has 1 aliphatic rings. The summed E-state index contributed by atoms with van der Waals surface area (Å²) in [6, 6.07) is 0. The quantitative estimate of drug-likeness (QED) is 0.715. The van der Waals surface area contributed by atoms with Crippen LogP contribution in [0.4, 0.5) is 0 Å². The molecule has 2 unspecified atom stereocenters. The molecule has 0 aliphatic carbocycles. The van der Waals surface area contributed by atoms with Crippen molar-refractivity contribution in [3.05, 3.63) is 0 Å². The summed E-state index contributed by atoms with van der Waals surface area (Å²) in [5, 5.41) is 0. The number of carbonyl (C=O) groups is 2. The van der Waals surface area contributed by atoms with Crippen LogP contribution in [0.15, 0.2) is 0 Å². The Morgan fingerprint density at radius 2 is 1.11 bits per heavy atom. The molecule has 0 amide bonds. The van der Waals surface area contributed by atoms with Crippen molar-refractivity contribution in [1.29, 1.82) is 0 Å². The monoisotopic (exact) mass is 296 g/mol.